The minimum atomic E-state index is 0.195. The van der Waals surface area contributed by atoms with E-state index in [2.05, 4.69) is 12.1 Å². The standard InChI is InChI=1S/C11H16N2/c1-9(11(12)13)7-8-10-5-3-2-4-6-10/h2-6,9H,7-8H2,1H3,(H3,12,13). The zero-order valence-electron chi connectivity index (χ0n) is 7.96. The molecule has 0 amide bonds. The van der Waals surface area contributed by atoms with E-state index in [1.165, 1.54) is 5.56 Å². The third kappa shape index (κ3) is 3.28. The van der Waals surface area contributed by atoms with E-state index in [0.29, 0.717) is 0 Å². The molecule has 0 radical (unpaired) electrons. The van der Waals surface area contributed by atoms with E-state index in [1.54, 1.807) is 0 Å². The van der Waals surface area contributed by atoms with Gasteiger partial charge in [-0.1, -0.05) is 37.3 Å². The molecular formula is C11H16N2. The summed E-state index contributed by atoms with van der Waals surface area (Å²) in [5, 5.41) is 7.24. The second-order valence-electron chi connectivity index (χ2n) is 3.38. The molecular weight excluding hydrogens is 160 g/mol. The summed E-state index contributed by atoms with van der Waals surface area (Å²) in [6.45, 7) is 1.99. The van der Waals surface area contributed by atoms with E-state index >= 15 is 0 Å². The number of hydrogen-bond acceptors (Lipinski definition) is 1. The van der Waals surface area contributed by atoms with Gasteiger partial charge >= 0.3 is 0 Å². The topological polar surface area (TPSA) is 49.9 Å². The van der Waals surface area contributed by atoms with Crippen LogP contribution in [0.4, 0.5) is 0 Å². The van der Waals surface area contributed by atoms with Gasteiger partial charge < -0.3 is 5.73 Å². The van der Waals surface area contributed by atoms with Gasteiger partial charge in [-0.15, -0.1) is 0 Å². The lowest BCUT2D eigenvalue weighted by atomic mass is 10.0. The fourth-order valence-electron chi connectivity index (χ4n) is 1.18. The van der Waals surface area contributed by atoms with E-state index in [9.17, 15) is 0 Å². The Kier molecular flexibility index (Phi) is 3.50. The number of amidine groups is 1. The van der Waals surface area contributed by atoms with Crippen molar-refractivity contribution < 1.29 is 0 Å². The molecule has 1 aromatic carbocycles. The molecule has 0 spiro atoms. The Morgan fingerprint density at radius 2 is 2.00 bits per heavy atom. The highest BCUT2D eigenvalue weighted by molar-refractivity contribution is 5.79. The normalized spacial score (nSPS) is 12.4. The van der Waals surface area contributed by atoms with Gasteiger partial charge in [0.25, 0.3) is 0 Å². The Morgan fingerprint density at radius 1 is 1.38 bits per heavy atom. The van der Waals surface area contributed by atoms with E-state index in [4.69, 9.17) is 11.1 Å². The minimum Gasteiger partial charge on any atom is -0.387 e. The van der Waals surface area contributed by atoms with Crippen molar-refractivity contribution in [3.05, 3.63) is 35.9 Å². The molecule has 3 N–H and O–H groups in total. The van der Waals surface area contributed by atoms with Crippen LogP contribution in [0.3, 0.4) is 0 Å². The molecule has 1 aromatic rings. The quantitative estimate of drug-likeness (QED) is 0.536. The lowest BCUT2D eigenvalue weighted by molar-refractivity contribution is 0.673. The Hall–Kier alpha value is -1.31. The first kappa shape index (κ1) is 9.78. The summed E-state index contributed by atoms with van der Waals surface area (Å²) in [6.07, 6.45) is 1.96. The van der Waals surface area contributed by atoms with Crippen molar-refractivity contribution in [3.8, 4) is 0 Å². The number of aryl methyl sites for hydroxylation is 1. The van der Waals surface area contributed by atoms with Crippen molar-refractivity contribution in [1.82, 2.24) is 0 Å². The maximum Gasteiger partial charge on any atom is 0.0934 e. The number of rotatable bonds is 4. The maximum absolute atomic E-state index is 7.24. The predicted octanol–water partition coefficient (Wildman–Crippen LogP) is 2.19. The molecule has 1 atom stereocenters. The van der Waals surface area contributed by atoms with Gasteiger partial charge in [-0.3, -0.25) is 5.41 Å². The molecule has 2 nitrogen and oxygen atoms in total. The Balaban J connectivity index is 2.39. The van der Waals surface area contributed by atoms with Crippen molar-refractivity contribution in [2.75, 3.05) is 0 Å². The second kappa shape index (κ2) is 4.65. The summed E-state index contributed by atoms with van der Waals surface area (Å²) in [7, 11) is 0. The smallest absolute Gasteiger partial charge is 0.0934 e. The number of benzene rings is 1. The minimum absolute atomic E-state index is 0.195. The number of hydrogen-bond donors (Lipinski definition) is 2. The molecule has 70 valence electrons. The average Bonchev–Trinajstić information content (AvgIpc) is 2.15. The summed E-state index contributed by atoms with van der Waals surface area (Å²) >= 11 is 0. The summed E-state index contributed by atoms with van der Waals surface area (Å²) in [4.78, 5) is 0. The van der Waals surface area contributed by atoms with Crippen molar-refractivity contribution in [2.24, 2.45) is 11.7 Å². The molecule has 0 aromatic heterocycles. The van der Waals surface area contributed by atoms with Crippen LogP contribution >= 0.6 is 0 Å². The van der Waals surface area contributed by atoms with Crippen LogP contribution in [0.1, 0.15) is 18.9 Å². The summed E-state index contributed by atoms with van der Waals surface area (Å²) in [6, 6.07) is 10.3. The molecule has 2 heteroatoms. The molecule has 0 aliphatic rings. The average molecular weight is 176 g/mol. The first-order valence-corrected chi connectivity index (χ1v) is 4.58. The molecule has 0 fully saturated rings. The van der Waals surface area contributed by atoms with Crippen molar-refractivity contribution in [1.29, 1.82) is 5.41 Å². The first-order chi connectivity index (χ1) is 6.20. The zero-order chi connectivity index (χ0) is 9.68. The molecule has 1 rings (SSSR count). The van der Waals surface area contributed by atoms with Gasteiger partial charge in [-0.2, -0.15) is 0 Å². The fourth-order valence-corrected chi connectivity index (χ4v) is 1.18. The molecule has 0 aliphatic carbocycles. The van der Waals surface area contributed by atoms with Crippen LogP contribution in [0.25, 0.3) is 0 Å². The van der Waals surface area contributed by atoms with Crippen molar-refractivity contribution in [3.63, 3.8) is 0 Å². The van der Waals surface area contributed by atoms with E-state index in [1.807, 2.05) is 25.1 Å². The van der Waals surface area contributed by atoms with Crippen LogP contribution in [0, 0.1) is 11.3 Å². The van der Waals surface area contributed by atoms with Gasteiger partial charge in [0, 0.05) is 5.92 Å². The Labute approximate surface area is 79.3 Å². The summed E-state index contributed by atoms with van der Waals surface area (Å²) in [5.41, 5.74) is 6.70. The SMILES string of the molecule is CC(CCc1ccccc1)C(=N)N. The van der Waals surface area contributed by atoms with Crippen LogP contribution in [-0.4, -0.2) is 5.84 Å². The number of nitrogens with one attached hydrogen (secondary N) is 1. The maximum atomic E-state index is 7.24. The predicted molar refractivity (Wildman–Crippen MR) is 55.8 cm³/mol. The molecule has 0 bridgehead atoms. The molecule has 0 saturated heterocycles. The van der Waals surface area contributed by atoms with Gasteiger partial charge in [-0.05, 0) is 18.4 Å². The van der Waals surface area contributed by atoms with Gasteiger partial charge in [0.2, 0.25) is 0 Å². The first-order valence-electron chi connectivity index (χ1n) is 4.58. The Morgan fingerprint density at radius 3 is 2.54 bits per heavy atom. The fraction of sp³-hybridized carbons (Fsp3) is 0.364. The number of nitrogens with two attached hydrogens (primary N) is 1. The lowest BCUT2D eigenvalue weighted by Crippen LogP contribution is -2.20. The highest BCUT2D eigenvalue weighted by atomic mass is 14.7. The van der Waals surface area contributed by atoms with E-state index in [-0.39, 0.29) is 11.8 Å². The molecule has 0 saturated carbocycles. The molecule has 1 unspecified atom stereocenters. The third-order valence-electron chi connectivity index (χ3n) is 2.24. The van der Waals surface area contributed by atoms with Crippen LogP contribution < -0.4 is 5.73 Å². The monoisotopic (exact) mass is 176 g/mol. The van der Waals surface area contributed by atoms with Crippen molar-refractivity contribution in [2.45, 2.75) is 19.8 Å². The van der Waals surface area contributed by atoms with Gasteiger partial charge in [0.1, 0.15) is 0 Å². The van der Waals surface area contributed by atoms with Gasteiger partial charge in [0.05, 0.1) is 5.84 Å². The molecule has 0 aliphatic heterocycles. The second-order valence-corrected chi connectivity index (χ2v) is 3.38. The Bertz CT molecular complexity index is 267. The van der Waals surface area contributed by atoms with Crippen LogP contribution in [0.5, 0.6) is 0 Å². The van der Waals surface area contributed by atoms with Crippen molar-refractivity contribution >= 4 is 5.84 Å². The third-order valence-corrected chi connectivity index (χ3v) is 2.24. The largest absolute Gasteiger partial charge is 0.387 e. The molecule has 13 heavy (non-hydrogen) atoms. The highest BCUT2D eigenvalue weighted by Gasteiger charge is 2.04. The summed E-state index contributed by atoms with van der Waals surface area (Å²) in [5.74, 6) is 0.483. The highest BCUT2D eigenvalue weighted by Crippen LogP contribution is 2.08. The van der Waals surface area contributed by atoms with Gasteiger partial charge in [0.15, 0.2) is 0 Å². The van der Waals surface area contributed by atoms with Crippen LogP contribution in [0.2, 0.25) is 0 Å². The van der Waals surface area contributed by atoms with E-state index in [0.717, 1.165) is 12.8 Å². The zero-order valence-corrected chi connectivity index (χ0v) is 7.96. The van der Waals surface area contributed by atoms with Crippen LogP contribution in [0.15, 0.2) is 30.3 Å². The van der Waals surface area contributed by atoms with Crippen LogP contribution in [-0.2, 0) is 6.42 Å². The van der Waals surface area contributed by atoms with E-state index < -0.39 is 0 Å². The lowest BCUT2D eigenvalue weighted by Gasteiger charge is -2.08. The summed E-state index contributed by atoms with van der Waals surface area (Å²) < 4.78 is 0. The van der Waals surface area contributed by atoms with Gasteiger partial charge in [-0.25, -0.2) is 0 Å². The molecule has 0 heterocycles.